The van der Waals surface area contributed by atoms with Crippen molar-refractivity contribution in [1.82, 2.24) is 0 Å². The minimum absolute atomic E-state index is 0.922. The van der Waals surface area contributed by atoms with Crippen LogP contribution in [0.3, 0.4) is 0 Å². The lowest BCUT2D eigenvalue weighted by Crippen LogP contribution is -1.77. The van der Waals surface area contributed by atoms with E-state index in [2.05, 4.69) is 18.2 Å². The van der Waals surface area contributed by atoms with Gasteiger partial charge in [-0.05, 0) is 28.0 Å². The fourth-order valence-corrected chi connectivity index (χ4v) is 1.34. The Morgan fingerprint density at radius 2 is 2.45 bits per heavy atom. The molecule has 0 N–H and O–H groups in total. The van der Waals surface area contributed by atoms with Gasteiger partial charge in [0.25, 0.3) is 0 Å². The van der Waals surface area contributed by atoms with E-state index in [0.29, 0.717) is 0 Å². The van der Waals surface area contributed by atoms with E-state index < -0.39 is 0 Å². The molecule has 0 unspecified atom stereocenters. The van der Waals surface area contributed by atoms with E-state index in [4.69, 9.17) is 0 Å². The molecule has 1 aromatic heterocycles. The highest BCUT2D eigenvalue weighted by atomic mass is 32.1. The van der Waals surface area contributed by atoms with Gasteiger partial charge in [0, 0.05) is 12.4 Å². The van der Waals surface area contributed by atoms with Crippen molar-refractivity contribution in [2.45, 2.75) is 0 Å². The number of nitrogens with zero attached hydrogens (tertiary/aromatic N) is 1. The van der Waals surface area contributed by atoms with Gasteiger partial charge in [0.15, 0.2) is 0 Å². The first kappa shape index (κ1) is 7.95. The molecule has 0 aromatic carbocycles. The van der Waals surface area contributed by atoms with Gasteiger partial charge in [-0.1, -0.05) is 13.2 Å². The van der Waals surface area contributed by atoms with E-state index >= 15 is 0 Å². The molecule has 0 aliphatic rings. The number of allylic oxidation sites excluding steroid dienone is 1. The molecule has 2 heteroatoms. The lowest BCUT2D eigenvalue weighted by Gasteiger charge is -1.90. The van der Waals surface area contributed by atoms with Crippen molar-refractivity contribution in [2.75, 3.05) is 0 Å². The molecular weight excluding hydrogens is 154 g/mol. The predicted molar refractivity (Wildman–Crippen MR) is 52.0 cm³/mol. The van der Waals surface area contributed by atoms with E-state index in [1.54, 1.807) is 17.6 Å². The van der Waals surface area contributed by atoms with Gasteiger partial charge in [-0.2, -0.15) is 11.3 Å². The third kappa shape index (κ3) is 2.16. The number of hydrogen-bond donors (Lipinski definition) is 0. The highest BCUT2D eigenvalue weighted by Crippen LogP contribution is 2.13. The lowest BCUT2D eigenvalue weighted by molar-refractivity contribution is 1.63. The van der Waals surface area contributed by atoms with Gasteiger partial charge in [-0.25, -0.2) is 0 Å². The number of aliphatic imine (C=N–C) groups is 1. The normalized spacial score (nSPS) is 10.2. The SMILES string of the molecule is C=CN=CC(=C)c1ccsc1. The first-order valence-corrected chi connectivity index (χ1v) is 4.14. The average molecular weight is 163 g/mol. The van der Waals surface area contributed by atoms with Gasteiger partial charge in [0.2, 0.25) is 0 Å². The monoisotopic (exact) mass is 163 g/mol. The maximum Gasteiger partial charge on any atom is 0.0340 e. The fraction of sp³-hybridized carbons (Fsp3) is 0. The van der Waals surface area contributed by atoms with Crippen molar-refractivity contribution >= 4 is 23.1 Å². The highest BCUT2D eigenvalue weighted by Gasteiger charge is 1.93. The second kappa shape index (κ2) is 3.88. The molecule has 0 fully saturated rings. The van der Waals surface area contributed by atoms with E-state index in [-0.39, 0.29) is 0 Å². The van der Waals surface area contributed by atoms with E-state index in [1.807, 2.05) is 16.8 Å². The van der Waals surface area contributed by atoms with Crippen LogP contribution in [0.15, 0.2) is 41.2 Å². The summed E-state index contributed by atoms with van der Waals surface area (Å²) < 4.78 is 0. The molecular formula is C9H9NS. The smallest absolute Gasteiger partial charge is 0.0340 e. The summed E-state index contributed by atoms with van der Waals surface area (Å²) in [5.74, 6) is 0. The zero-order valence-corrected chi connectivity index (χ0v) is 6.97. The molecule has 1 aromatic rings. The van der Waals surface area contributed by atoms with Crippen LogP contribution >= 0.6 is 11.3 Å². The number of hydrogen-bond acceptors (Lipinski definition) is 2. The van der Waals surface area contributed by atoms with Crippen LogP contribution in [-0.4, -0.2) is 6.21 Å². The van der Waals surface area contributed by atoms with Gasteiger partial charge < -0.3 is 0 Å². The Morgan fingerprint density at radius 3 is 3.00 bits per heavy atom. The molecule has 0 aliphatic heterocycles. The third-order valence-corrected chi connectivity index (χ3v) is 1.91. The second-order valence-corrected chi connectivity index (χ2v) is 2.78. The number of thiophene rings is 1. The predicted octanol–water partition coefficient (Wildman–Crippen LogP) is 2.98. The van der Waals surface area contributed by atoms with Gasteiger partial charge in [0.05, 0.1) is 0 Å². The van der Waals surface area contributed by atoms with E-state index in [0.717, 1.165) is 11.1 Å². The molecule has 0 radical (unpaired) electrons. The minimum atomic E-state index is 0.922. The van der Waals surface area contributed by atoms with Crippen molar-refractivity contribution in [2.24, 2.45) is 4.99 Å². The second-order valence-electron chi connectivity index (χ2n) is 2.00. The molecule has 1 nitrogen and oxygen atoms in total. The quantitative estimate of drug-likeness (QED) is 0.607. The molecule has 56 valence electrons. The van der Waals surface area contributed by atoms with E-state index in [1.165, 1.54) is 6.20 Å². The largest absolute Gasteiger partial charge is 0.265 e. The van der Waals surface area contributed by atoms with Crippen LogP contribution in [0.2, 0.25) is 0 Å². The standard InChI is InChI=1S/C9H9NS/c1-3-10-6-8(2)9-4-5-11-7-9/h3-7H,1-2H2. The average Bonchev–Trinajstić information content (AvgIpc) is 2.52. The summed E-state index contributed by atoms with van der Waals surface area (Å²) in [6.45, 7) is 7.32. The van der Waals surface area contributed by atoms with Crippen LogP contribution < -0.4 is 0 Å². The summed E-state index contributed by atoms with van der Waals surface area (Å²) in [6, 6.07) is 2.02. The Bertz CT molecular complexity index is 270. The molecule has 11 heavy (non-hydrogen) atoms. The van der Waals surface area contributed by atoms with Gasteiger partial charge in [0.1, 0.15) is 0 Å². The summed E-state index contributed by atoms with van der Waals surface area (Å²) in [4.78, 5) is 3.87. The molecule has 0 amide bonds. The van der Waals surface area contributed by atoms with Crippen molar-refractivity contribution in [3.8, 4) is 0 Å². The van der Waals surface area contributed by atoms with Crippen molar-refractivity contribution < 1.29 is 0 Å². The van der Waals surface area contributed by atoms with Crippen LogP contribution in [-0.2, 0) is 0 Å². The van der Waals surface area contributed by atoms with Crippen LogP contribution in [0.4, 0.5) is 0 Å². The summed E-state index contributed by atoms with van der Waals surface area (Å²) >= 11 is 1.65. The van der Waals surface area contributed by atoms with Crippen LogP contribution in [0.25, 0.3) is 5.57 Å². The molecule has 0 aliphatic carbocycles. The summed E-state index contributed by atoms with van der Waals surface area (Å²) in [5, 5.41) is 4.06. The molecule has 0 spiro atoms. The lowest BCUT2D eigenvalue weighted by atomic mass is 10.2. The molecule has 1 rings (SSSR count). The first-order chi connectivity index (χ1) is 5.34. The summed E-state index contributed by atoms with van der Waals surface area (Å²) in [5.41, 5.74) is 2.05. The minimum Gasteiger partial charge on any atom is -0.265 e. The van der Waals surface area contributed by atoms with Gasteiger partial charge in [-0.15, -0.1) is 0 Å². The third-order valence-electron chi connectivity index (χ3n) is 1.23. The molecule has 0 saturated carbocycles. The molecule has 0 atom stereocenters. The van der Waals surface area contributed by atoms with Crippen LogP contribution in [0.1, 0.15) is 5.56 Å². The number of rotatable bonds is 3. The van der Waals surface area contributed by atoms with Gasteiger partial charge in [-0.3, -0.25) is 4.99 Å². The maximum absolute atomic E-state index is 3.87. The topological polar surface area (TPSA) is 12.4 Å². The molecule has 0 bridgehead atoms. The van der Waals surface area contributed by atoms with Gasteiger partial charge >= 0.3 is 0 Å². The van der Waals surface area contributed by atoms with Crippen LogP contribution in [0.5, 0.6) is 0 Å². The highest BCUT2D eigenvalue weighted by molar-refractivity contribution is 7.08. The zero-order chi connectivity index (χ0) is 8.10. The Kier molecular flexibility index (Phi) is 2.81. The van der Waals surface area contributed by atoms with Crippen LogP contribution in [0, 0.1) is 0 Å². The maximum atomic E-state index is 3.87. The van der Waals surface area contributed by atoms with Crippen molar-refractivity contribution in [1.29, 1.82) is 0 Å². The zero-order valence-electron chi connectivity index (χ0n) is 6.16. The summed E-state index contributed by atoms with van der Waals surface area (Å²) in [7, 11) is 0. The Morgan fingerprint density at radius 1 is 1.64 bits per heavy atom. The van der Waals surface area contributed by atoms with Crippen molar-refractivity contribution in [3.63, 3.8) is 0 Å². The van der Waals surface area contributed by atoms with Crippen molar-refractivity contribution in [3.05, 3.63) is 41.7 Å². The Labute approximate surface area is 70.4 Å². The Hall–Kier alpha value is -1.15. The Balaban J connectivity index is 2.71. The molecule has 1 heterocycles. The fourth-order valence-electron chi connectivity index (χ4n) is 0.664. The first-order valence-electron chi connectivity index (χ1n) is 3.20. The summed E-state index contributed by atoms with van der Waals surface area (Å²) in [6.07, 6.45) is 3.20. The van der Waals surface area contributed by atoms with E-state index in [9.17, 15) is 0 Å². The molecule has 0 saturated heterocycles.